The summed E-state index contributed by atoms with van der Waals surface area (Å²) in [6, 6.07) is 17.9. The predicted molar refractivity (Wildman–Crippen MR) is 117 cm³/mol. The maximum Gasteiger partial charge on any atom is 0.331 e. The summed E-state index contributed by atoms with van der Waals surface area (Å²) in [7, 11) is 0. The first-order valence-electron chi connectivity index (χ1n) is 9.08. The molecule has 0 spiro atoms. The lowest BCUT2D eigenvalue weighted by atomic mass is 10.2. The Labute approximate surface area is 181 Å². The van der Waals surface area contributed by atoms with Gasteiger partial charge in [0.2, 0.25) is 0 Å². The van der Waals surface area contributed by atoms with Crippen molar-refractivity contribution in [2.75, 3.05) is 0 Å². The van der Waals surface area contributed by atoms with Gasteiger partial charge in [-0.25, -0.2) is 13.9 Å². The maximum atomic E-state index is 13.8. The lowest BCUT2D eigenvalue weighted by Crippen LogP contribution is -2.03. The van der Waals surface area contributed by atoms with Crippen LogP contribution in [0.2, 0.25) is 5.02 Å². The molecular weight excluding hydrogens is 423 g/mol. The van der Waals surface area contributed by atoms with Crippen molar-refractivity contribution in [3.63, 3.8) is 0 Å². The van der Waals surface area contributed by atoms with Crippen LogP contribution >= 0.6 is 22.9 Å². The number of carbonyl (C=O) groups is 1. The molecule has 0 bridgehead atoms. The van der Waals surface area contributed by atoms with Crippen molar-refractivity contribution >= 4 is 35.0 Å². The zero-order valence-corrected chi connectivity index (χ0v) is 17.2. The van der Waals surface area contributed by atoms with Crippen LogP contribution in [0.4, 0.5) is 4.39 Å². The number of benzene rings is 2. The Morgan fingerprint density at radius 1 is 1.13 bits per heavy atom. The monoisotopic (exact) mass is 438 g/mol. The van der Waals surface area contributed by atoms with E-state index in [1.807, 2.05) is 54.0 Å². The van der Waals surface area contributed by atoms with Crippen LogP contribution in [0.15, 0.2) is 78.3 Å². The van der Waals surface area contributed by atoms with E-state index in [9.17, 15) is 9.18 Å². The van der Waals surface area contributed by atoms with E-state index >= 15 is 0 Å². The molecule has 0 aliphatic rings. The second-order valence-electron chi connectivity index (χ2n) is 6.33. The van der Waals surface area contributed by atoms with Crippen molar-refractivity contribution in [3.8, 4) is 16.3 Å². The third-order valence-electron chi connectivity index (χ3n) is 4.34. The van der Waals surface area contributed by atoms with Gasteiger partial charge in [-0.3, -0.25) is 0 Å². The van der Waals surface area contributed by atoms with Gasteiger partial charge < -0.3 is 4.74 Å². The molecule has 4 rings (SSSR count). The minimum atomic E-state index is -0.598. The van der Waals surface area contributed by atoms with Crippen LogP contribution in [0.3, 0.4) is 0 Å². The molecule has 0 aliphatic heterocycles. The molecule has 150 valence electrons. The van der Waals surface area contributed by atoms with Crippen molar-refractivity contribution in [1.82, 2.24) is 9.78 Å². The Morgan fingerprint density at radius 3 is 2.70 bits per heavy atom. The number of rotatable bonds is 6. The number of halogens is 2. The first-order valence-corrected chi connectivity index (χ1v) is 10.3. The maximum absolute atomic E-state index is 13.8. The second kappa shape index (κ2) is 9.07. The van der Waals surface area contributed by atoms with Crippen molar-refractivity contribution in [2.45, 2.75) is 6.61 Å². The van der Waals surface area contributed by atoms with E-state index in [0.29, 0.717) is 0 Å². The van der Waals surface area contributed by atoms with Crippen LogP contribution in [-0.4, -0.2) is 15.7 Å². The summed E-state index contributed by atoms with van der Waals surface area (Å²) in [6.45, 7) is -0.240. The number of hydrogen-bond acceptors (Lipinski definition) is 4. The van der Waals surface area contributed by atoms with Gasteiger partial charge in [0.25, 0.3) is 0 Å². The van der Waals surface area contributed by atoms with Gasteiger partial charge in [0.1, 0.15) is 18.1 Å². The summed E-state index contributed by atoms with van der Waals surface area (Å²) >= 11 is 7.53. The molecule has 30 heavy (non-hydrogen) atoms. The third-order valence-corrected chi connectivity index (χ3v) is 5.57. The number of hydrogen-bond donors (Lipinski definition) is 0. The minimum Gasteiger partial charge on any atom is -0.457 e. The molecule has 2 heterocycles. The summed E-state index contributed by atoms with van der Waals surface area (Å²) in [6.07, 6.45) is 4.80. The molecule has 4 aromatic rings. The van der Waals surface area contributed by atoms with Crippen molar-refractivity contribution in [2.24, 2.45) is 0 Å². The molecule has 0 fully saturated rings. The number of esters is 1. The predicted octanol–water partition coefficient (Wildman–Crippen LogP) is 6.15. The molecule has 0 radical (unpaired) electrons. The molecule has 0 saturated heterocycles. The largest absolute Gasteiger partial charge is 0.457 e. The van der Waals surface area contributed by atoms with Gasteiger partial charge in [0.15, 0.2) is 0 Å². The summed E-state index contributed by atoms with van der Waals surface area (Å²) < 4.78 is 20.7. The fourth-order valence-corrected chi connectivity index (χ4v) is 3.80. The highest BCUT2D eigenvalue weighted by molar-refractivity contribution is 7.13. The van der Waals surface area contributed by atoms with E-state index in [4.69, 9.17) is 16.3 Å². The Bertz CT molecular complexity index is 1170. The van der Waals surface area contributed by atoms with Crippen LogP contribution < -0.4 is 0 Å². The average molecular weight is 439 g/mol. The number of para-hydroxylation sites is 1. The SMILES string of the molecule is O=C(C=Cc1cn(-c2ccccc2)nc1-c1cccs1)OCc1c(F)cccc1Cl. The number of thiophene rings is 1. The highest BCUT2D eigenvalue weighted by Crippen LogP contribution is 2.28. The lowest BCUT2D eigenvalue weighted by Gasteiger charge is -2.05. The van der Waals surface area contributed by atoms with E-state index < -0.39 is 11.8 Å². The first-order chi connectivity index (χ1) is 14.6. The molecule has 0 amide bonds. The summed E-state index contributed by atoms with van der Waals surface area (Å²) in [4.78, 5) is 13.2. The van der Waals surface area contributed by atoms with Gasteiger partial charge >= 0.3 is 5.97 Å². The number of ether oxygens (including phenoxy) is 1. The summed E-state index contributed by atoms with van der Waals surface area (Å²) in [5, 5.41) is 6.86. The molecule has 2 aromatic heterocycles. The Kier molecular flexibility index (Phi) is 6.07. The van der Waals surface area contributed by atoms with Crippen molar-refractivity contribution in [1.29, 1.82) is 0 Å². The molecule has 4 nitrogen and oxygen atoms in total. The number of carbonyl (C=O) groups excluding carboxylic acids is 1. The normalized spacial score (nSPS) is 11.1. The van der Waals surface area contributed by atoms with E-state index in [2.05, 4.69) is 5.10 Å². The highest BCUT2D eigenvalue weighted by Gasteiger charge is 2.13. The van der Waals surface area contributed by atoms with Crippen LogP contribution in [-0.2, 0) is 16.1 Å². The van der Waals surface area contributed by atoms with Gasteiger partial charge in [0.05, 0.1) is 15.6 Å². The highest BCUT2D eigenvalue weighted by atomic mass is 35.5. The molecule has 0 saturated carbocycles. The van der Waals surface area contributed by atoms with Crippen LogP contribution in [0.25, 0.3) is 22.3 Å². The molecule has 7 heteroatoms. The van der Waals surface area contributed by atoms with Crippen molar-refractivity contribution < 1.29 is 13.9 Å². The van der Waals surface area contributed by atoms with Crippen LogP contribution in [0.5, 0.6) is 0 Å². The smallest absolute Gasteiger partial charge is 0.331 e. The van der Waals surface area contributed by atoms with Crippen molar-refractivity contribution in [3.05, 3.63) is 100 Å². The second-order valence-corrected chi connectivity index (χ2v) is 7.69. The van der Waals surface area contributed by atoms with E-state index in [-0.39, 0.29) is 17.2 Å². The lowest BCUT2D eigenvalue weighted by molar-refractivity contribution is -0.138. The minimum absolute atomic E-state index is 0.150. The number of nitrogens with zero attached hydrogens (tertiary/aromatic N) is 2. The van der Waals surface area contributed by atoms with Gasteiger partial charge in [0, 0.05) is 23.4 Å². The first kappa shape index (κ1) is 20.1. The molecule has 0 unspecified atom stereocenters. The molecule has 0 aliphatic carbocycles. The van der Waals surface area contributed by atoms with Gasteiger partial charge in [-0.15, -0.1) is 11.3 Å². The van der Waals surface area contributed by atoms with Gasteiger partial charge in [-0.05, 0) is 41.8 Å². The van der Waals surface area contributed by atoms with Gasteiger partial charge in [-0.1, -0.05) is 41.9 Å². The summed E-state index contributed by atoms with van der Waals surface area (Å²) in [5.41, 5.74) is 2.58. The Morgan fingerprint density at radius 2 is 1.97 bits per heavy atom. The summed E-state index contributed by atoms with van der Waals surface area (Å²) in [5.74, 6) is -1.11. The van der Waals surface area contributed by atoms with Gasteiger partial charge in [-0.2, -0.15) is 5.10 Å². The van der Waals surface area contributed by atoms with E-state index in [1.165, 1.54) is 18.2 Å². The molecule has 0 N–H and O–H groups in total. The van der Waals surface area contributed by atoms with Crippen LogP contribution in [0.1, 0.15) is 11.1 Å². The Hall–Kier alpha value is -3.22. The fraction of sp³-hybridized carbons (Fsp3) is 0.0435. The zero-order valence-electron chi connectivity index (χ0n) is 15.7. The van der Waals surface area contributed by atoms with E-state index in [0.717, 1.165) is 21.8 Å². The average Bonchev–Trinajstić information content (AvgIpc) is 3.42. The standard InChI is InChI=1S/C23H16ClFN2O2S/c24-19-8-4-9-20(25)18(19)15-29-22(28)12-11-16-14-27(17-6-2-1-3-7-17)26-23(16)21-10-5-13-30-21/h1-14H,15H2. The zero-order chi connectivity index (χ0) is 20.9. The Balaban J connectivity index is 1.55. The topological polar surface area (TPSA) is 44.1 Å². The molecular formula is C23H16ClFN2O2S. The van der Waals surface area contributed by atoms with E-state index in [1.54, 1.807) is 28.2 Å². The molecule has 2 aromatic carbocycles. The molecule has 0 atom stereocenters. The quantitative estimate of drug-likeness (QED) is 0.268. The third kappa shape index (κ3) is 4.50. The number of aromatic nitrogens is 2. The fourth-order valence-electron chi connectivity index (χ4n) is 2.85. The van der Waals surface area contributed by atoms with Crippen LogP contribution in [0, 0.1) is 5.82 Å².